The van der Waals surface area contributed by atoms with E-state index >= 15 is 0 Å². The molecule has 4 N–H and O–H groups in total. The third kappa shape index (κ3) is 7.18. The maximum Gasteiger partial charge on any atom is 0.308 e. The summed E-state index contributed by atoms with van der Waals surface area (Å²) in [5.41, 5.74) is -1.47. The Labute approximate surface area is 163 Å². The normalized spacial score (nSPS) is 38.4. The second-order valence-corrected chi connectivity index (χ2v) is 8.72. The highest BCUT2D eigenvalue weighted by molar-refractivity contribution is 5.72. The summed E-state index contributed by atoms with van der Waals surface area (Å²) >= 11 is 0. The van der Waals surface area contributed by atoms with E-state index < -0.39 is 29.3 Å². The Hall–Kier alpha value is -0.950. The second kappa shape index (κ2) is 10.0. The van der Waals surface area contributed by atoms with Crippen LogP contribution in [0.2, 0.25) is 0 Å². The van der Waals surface area contributed by atoms with Crippen LogP contribution >= 0.6 is 0 Å². The number of hydrogen-bond donors (Lipinski definition) is 4. The van der Waals surface area contributed by atoms with Crippen LogP contribution in [-0.4, -0.2) is 56.9 Å². The summed E-state index contributed by atoms with van der Waals surface area (Å²) in [4.78, 5) is 12.0. The summed E-state index contributed by atoms with van der Waals surface area (Å²) in [6, 6.07) is 0. The number of methoxy groups -OCH3 is 1. The Kier molecular flexibility index (Phi) is 8.93. The van der Waals surface area contributed by atoms with Gasteiger partial charge in [-0.1, -0.05) is 18.6 Å². The first kappa shape index (κ1) is 24.1. The lowest BCUT2D eigenvalue weighted by molar-refractivity contribution is -0.148. The molecule has 0 unspecified atom stereocenters. The van der Waals surface area contributed by atoms with Crippen molar-refractivity contribution in [3.63, 3.8) is 0 Å². The van der Waals surface area contributed by atoms with Crippen LogP contribution in [0.1, 0.15) is 72.6 Å². The monoisotopic (exact) mass is 386 g/mol. The molecule has 0 aromatic rings. The molecular weight excluding hydrogens is 348 g/mol. The molecule has 0 radical (unpaired) electrons. The summed E-state index contributed by atoms with van der Waals surface area (Å²) in [5.74, 6) is -1.15. The lowest BCUT2D eigenvalue weighted by Gasteiger charge is -2.35. The van der Waals surface area contributed by atoms with Crippen molar-refractivity contribution in [1.29, 1.82) is 0 Å². The van der Waals surface area contributed by atoms with E-state index in [1.54, 1.807) is 20.8 Å². The number of allylic oxidation sites excluding steroid dienone is 2. The number of aliphatic hydroxyl groups is 4. The average molecular weight is 387 g/mol. The molecule has 1 aliphatic carbocycles. The number of rotatable bonds is 2. The minimum Gasteiger partial charge on any atom is -0.469 e. The number of esters is 1. The Bertz CT molecular complexity index is 511. The lowest BCUT2D eigenvalue weighted by Crippen LogP contribution is -2.43. The molecule has 0 spiro atoms. The average Bonchev–Trinajstić information content (AvgIpc) is 2.60. The van der Waals surface area contributed by atoms with E-state index in [-0.39, 0.29) is 24.7 Å². The van der Waals surface area contributed by atoms with Crippen molar-refractivity contribution in [3.05, 3.63) is 11.6 Å². The molecule has 1 rings (SSSR count). The fraction of sp³-hybridized carbons (Fsp3) is 0.857. The van der Waals surface area contributed by atoms with Crippen molar-refractivity contribution in [2.75, 3.05) is 7.11 Å². The van der Waals surface area contributed by atoms with E-state index in [9.17, 15) is 25.2 Å². The van der Waals surface area contributed by atoms with Crippen molar-refractivity contribution in [3.8, 4) is 0 Å². The topological polar surface area (TPSA) is 107 Å². The van der Waals surface area contributed by atoms with E-state index in [0.717, 1.165) is 5.57 Å². The quantitative estimate of drug-likeness (QED) is 0.429. The summed E-state index contributed by atoms with van der Waals surface area (Å²) in [6.45, 7) is 6.92. The van der Waals surface area contributed by atoms with Gasteiger partial charge < -0.3 is 25.2 Å². The summed E-state index contributed by atoms with van der Waals surface area (Å²) in [7, 11) is 1.32. The van der Waals surface area contributed by atoms with Gasteiger partial charge in [-0.25, -0.2) is 0 Å². The highest BCUT2D eigenvalue weighted by atomic mass is 16.5. The van der Waals surface area contributed by atoms with Crippen molar-refractivity contribution in [2.24, 2.45) is 11.8 Å². The standard InChI is InChI=1S/C21H38O6/c1-14-7-6-11-20(3,25)18(23)13-16(15(2)19(24)27-5)10-12-21(4,26)17(22)9-8-14/h7,15-18,22-23,25-26H,6,8-13H2,1-5H3/t15-,16+,17-,18-,20-,21-/m1/s1. The molecule has 0 aliphatic heterocycles. The zero-order chi connectivity index (χ0) is 20.8. The molecule has 0 fully saturated rings. The number of carbonyl (C=O) groups is 1. The molecule has 0 saturated heterocycles. The van der Waals surface area contributed by atoms with Crippen LogP contribution in [-0.2, 0) is 9.53 Å². The predicted octanol–water partition coefficient (Wildman–Crippen LogP) is 2.33. The molecule has 1 aliphatic rings. The fourth-order valence-electron chi connectivity index (χ4n) is 3.69. The van der Waals surface area contributed by atoms with Crippen LogP contribution in [0.25, 0.3) is 0 Å². The summed E-state index contributed by atoms with van der Waals surface area (Å²) < 4.78 is 4.84. The molecular formula is C21H38O6. The van der Waals surface area contributed by atoms with E-state index in [2.05, 4.69) is 0 Å². The van der Waals surface area contributed by atoms with Crippen LogP contribution in [0.4, 0.5) is 0 Å². The molecule has 6 heteroatoms. The van der Waals surface area contributed by atoms with Gasteiger partial charge in [0.1, 0.15) is 0 Å². The maximum absolute atomic E-state index is 12.0. The van der Waals surface area contributed by atoms with E-state index in [1.807, 2.05) is 13.0 Å². The van der Waals surface area contributed by atoms with Crippen molar-refractivity contribution >= 4 is 5.97 Å². The van der Waals surface area contributed by atoms with Crippen molar-refractivity contribution < 1.29 is 30.0 Å². The molecule has 6 atom stereocenters. The molecule has 158 valence electrons. The highest BCUT2D eigenvalue weighted by Gasteiger charge is 2.37. The third-order valence-corrected chi connectivity index (χ3v) is 6.22. The third-order valence-electron chi connectivity index (χ3n) is 6.22. The number of carbonyl (C=O) groups excluding carboxylic acids is 1. The smallest absolute Gasteiger partial charge is 0.308 e. The molecule has 0 aromatic heterocycles. The zero-order valence-electron chi connectivity index (χ0n) is 17.4. The SMILES string of the molecule is COC(=O)[C@H](C)[C@H]1CC[C@@](C)(O)[C@H](O)CCC(C)=CCC[C@@](C)(O)[C@H](O)C1. The van der Waals surface area contributed by atoms with Gasteiger partial charge in [0.2, 0.25) is 0 Å². The first-order valence-corrected chi connectivity index (χ1v) is 9.95. The van der Waals surface area contributed by atoms with Crippen LogP contribution in [0.3, 0.4) is 0 Å². The minimum absolute atomic E-state index is 0.220. The predicted molar refractivity (Wildman–Crippen MR) is 104 cm³/mol. The highest BCUT2D eigenvalue weighted by Crippen LogP contribution is 2.33. The molecule has 6 nitrogen and oxygen atoms in total. The maximum atomic E-state index is 12.0. The van der Waals surface area contributed by atoms with Gasteiger partial charge in [0.05, 0.1) is 36.4 Å². The molecule has 0 aromatic carbocycles. The Morgan fingerprint density at radius 1 is 1.15 bits per heavy atom. The van der Waals surface area contributed by atoms with E-state index in [4.69, 9.17) is 4.74 Å². The largest absolute Gasteiger partial charge is 0.469 e. The van der Waals surface area contributed by atoms with Gasteiger partial charge in [-0.3, -0.25) is 4.79 Å². The van der Waals surface area contributed by atoms with Gasteiger partial charge in [-0.15, -0.1) is 0 Å². The van der Waals surface area contributed by atoms with Gasteiger partial charge in [-0.2, -0.15) is 0 Å². The van der Waals surface area contributed by atoms with Crippen LogP contribution in [0, 0.1) is 11.8 Å². The van der Waals surface area contributed by atoms with Gasteiger partial charge in [0, 0.05) is 0 Å². The zero-order valence-corrected chi connectivity index (χ0v) is 17.4. The Morgan fingerprint density at radius 2 is 1.74 bits per heavy atom. The Morgan fingerprint density at radius 3 is 2.33 bits per heavy atom. The molecule has 0 bridgehead atoms. The van der Waals surface area contributed by atoms with Crippen LogP contribution in [0.15, 0.2) is 11.6 Å². The van der Waals surface area contributed by atoms with Gasteiger partial charge >= 0.3 is 5.97 Å². The number of aliphatic hydroxyl groups excluding tert-OH is 2. The van der Waals surface area contributed by atoms with E-state index in [0.29, 0.717) is 32.1 Å². The first-order chi connectivity index (χ1) is 12.4. The molecule has 0 saturated carbocycles. The van der Waals surface area contributed by atoms with Gasteiger partial charge in [-0.05, 0) is 71.6 Å². The number of ether oxygens (including phenoxy) is 1. The van der Waals surface area contributed by atoms with Gasteiger partial charge in [0.25, 0.3) is 0 Å². The molecule has 0 heterocycles. The fourth-order valence-corrected chi connectivity index (χ4v) is 3.69. The van der Waals surface area contributed by atoms with Crippen molar-refractivity contribution in [2.45, 2.75) is 96.1 Å². The van der Waals surface area contributed by atoms with Crippen LogP contribution < -0.4 is 0 Å². The lowest BCUT2D eigenvalue weighted by atomic mass is 9.77. The summed E-state index contributed by atoms with van der Waals surface area (Å²) in [5, 5.41) is 42.5. The first-order valence-electron chi connectivity index (χ1n) is 9.95. The van der Waals surface area contributed by atoms with Gasteiger partial charge in [0.15, 0.2) is 0 Å². The summed E-state index contributed by atoms with van der Waals surface area (Å²) in [6.07, 6.45) is 3.20. The Balaban J connectivity index is 3.09. The van der Waals surface area contributed by atoms with Crippen LogP contribution in [0.5, 0.6) is 0 Å². The van der Waals surface area contributed by atoms with Crippen molar-refractivity contribution in [1.82, 2.24) is 0 Å². The van der Waals surface area contributed by atoms with E-state index in [1.165, 1.54) is 7.11 Å². The molecule has 27 heavy (non-hydrogen) atoms. The molecule has 0 amide bonds. The second-order valence-electron chi connectivity index (χ2n) is 8.72. The minimum atomic E-state index is -1.29. The number of hydrogen-bond acceptors (Lipinski definition) is 6.